The average molecular weight is 405 g/mol. The molecule has 29 heavy (non-hydrogen) atoms. The van der Waals surface area contributed by atoms with Crippen LogP contribution >= 0.6 is 11.8 Å². The topological polar surface area (TPSA) is 87.9 Å². The predicted molar refractivity (Wildman–Crippen MR) is 109 cm³/mol. The Balaban J connectivity index is 1.47. The summed E-state index contributed by atoms with van der Waals surface area (Å²) in [6, 6.07) is 15.2. The second-order valence-corrected chi connectivity index (χ2v) is 7.34. The molecule has 0 spiro atoms. The number of carbonyl (C=O) groups is 1. The molecule has 0 bridgehead atoms. The van der Waals surface area contributed by atoms with Crippen LogP contribution in [-0.4, -0.2) is 31.0 Å². The SMILES string of the molecule is O=C(c1ccc(CSc2ncn[nH]2)cc1)N(Cc1cccnc1)Cc1ccco1. The Morgan fingerprint density at radius 2 is 1.97 bits per heavy atom. The number of aromatic nitrogens is 4. The van der Waals surface area contributed by atoms with Crippen molar-refractivity contribution in [3.05, 3.63) is 96.0 Å². The highest BCUT2D eigenvalue weighted by molar-refractivity contribution is 7.98. The van der Waals surface area contributed by atoms with Crippen molar-refractivity contribution in [2.45, 2.75) is 24.0 Å². The first kappa shape index (κ1) is 18.9. The van der Waals surface area contributed by atoms with E-state index in [1.807, 2.05) is 48.5 Å². The maximum atomic E-state index is 13.2. The summed E-state index contributed by atoms with van der Waals surface area (Å²) in [6.07, 6.45) is 6.59. The van der Waals surface area contributed by atoms with Gasteiger partial charge in [-0.3, -0.25) is 14.9 Å². The van der Waals surface area contributed by atoms with Crippen molar-refractivity contribution < 1.29 is 9.21 Å². The van der Waals surface area contributed by atoms with E-state index < -0.39 is 0 Å². The third kappa shape index (κ3) is 5.11. The van der Waals surface area contributed by atoms with Crippen LogP contribution in [0.15, 0.2) is 83.1 Å². The van der Waals surface area contributed by atoms with Crippen LogP contribution in [0, 0.1) is 0 Å². The zero-order valence-electron chi connectivity index (χ0n) is 15.6. The number of thioether (sulfide) groups is 1. The lowest BCUT2D eigenvalue weighted by atomic mass is 10.1. The van der Waals surface area contributed by atoms with Gasteiger partial charge in [0.05, 0.1) is 12.8 Å². The minimum absolute atomic E-state index is 0.0558. The molecule has 146 valence electrons. The van der Waals surface area contributed by atoms with E-state index in [4.69, 9.17) is 4.42 Å². The number of benzene rings is 1. The summed E-state index contributed by atoms with van der Waals surface area (Å²) < 4.78 is 5.45. The van der Waals surface area contributed by atoms with E-state index in [1.165, 1.54) is 6.33 Å². The molecule has 3 heterocycles. The molecule has 1 N–H and O–H groups in total. The van der Waals surface area contributed by atoms with Crippen molar-refractivity contribution >= 4 is 17.7 Å². The average Bonchev–Trinajstić information content (AvgIpc) is 3.47. The van der Waals surface area contributed by atoms with Crippen LogP contribution < -0.4 is 0 Å². The molecule has 0 radical (unpaired) electrons. The van der Waals surface area contributed by atoms with Crippen molar-refractivity contribution in [2.75, 3.05) is 0 Å². The number of hydrogen-bond acceptors (Lipinski definition) is 6. The van der Waals surface area contributed by atoms with E-state index in [9.17, 15) is 4.79 Å². The van der Waals surface area contributed by atoms with Crippen LogP contribution in [0.1, 0.15) is 27.2 Å². The van der Waals surface area contributed by atoms with Gasteiger partial charge >= 0.3 is 0 Å². The van der Waals surface area contributed by atoms with Gasteiger partial charge in [0.25, 0.3) is 5.91 Å². The van der Waals surface area contributed by atoms with Gasteiger partial charge in [0.2, 0.25) is 0 Å². The van der Waals surface area contributed by atoms with Gasteiger partial charge in [-0.2, -0.15) is 5.10 Å². The molecule has 4 rings (SSSR count). The summed E-state index contributed by atoms with van der Waals surface area (Å²) in [6.45, 7) is 0.848. The zero-order valence-corrected chi connectivity index (χ0v) is 16.4. The summed E-state index contributed by atoms with van der Waals surface area (Å²) in [5.41, 5.74) is 2.70. The number of H-pyrrole nitrogens is 1. The van der Waals surface area contributed by atoms with Gasteiger partial charge in [-0.15, -0.1) is 0 Å². The lowest BCUT2D eigenvalue weighted by molar-refractivity contribution is 0.0717. The molecule has 4 aromatic rings. The first-order chi connectivity index (χ1) is 14.3. The molecule has 0 atom stereocenters. The highest BCUT2D eigenvalue weighted by Crippen LogP contribution is 2.20. The molecule has 3 aromatic heterocycles. The van der Waals surface area contributed by atoms with E-state index in [0.29, 0.717) is 18.7 Å². The van der Waals surface area contributed by atoms with E-state index in [0.717, 1.165) is 27.8 Å². The van der Waals surface area contributed by atoms with Crippen molar-refractivity contribution in [3.63, 3.8) is 0 Å². The van der Waals surface area contributed by atoms with Crippen molar-refractivity contribution in [1.29, 1.82) is 0 Å². The summed E-state index contributed by atoms with van der Waals surface area (Å²) in [5, 5.41) is 7.43. The van der Waals surface area contributed by atoms with Gasteiger partial charge < -0.3 is 9.32 Å². The van der Waals surface area contributed by atoms with Gasteiger partial charge in [-0.25, -0.2) is 4.98 Å². The van der Waals surface area contributed by atoms with Crippen LogP contribution in [0.4, 0.5) is 0 Å². The number of rotatable bonds is 8. The normalized spacial score (nSPS) is 10.8. The van der Waals surface area contributed by atoms with Gasteiger partial charge in [0.1, 0.15) is 12.1 Å². The molecule has 0 aliphatic rings. The standard InChI is InChI=1S/C21H19N5O2S/c27-20(18-7-5-16(6-8-18)14-29-21-23-15-24-25-21)26(13-19-4-2-10-28-19)12-17-3-1-9-22-11-17/h1-11,15H,12-14H2,(H,23,24,25). The van der Waals surface area contributed by atoms with Gasteiger partial charge in [0.15, 0.2) is 5.16 Å². The lowest BCUT2D eigenvalue weighted by Gasteiger charge is -2.22. The van der Waals surface area contributed by atoms with Crippen LogP contribution in [-0.2, 0) is 18.8 Å². The molecule has 0 aliphatic heterocycles. The lowest BCUT2D eigenvalue weighted by Crippen LogP contribution is -2.30. The number of furan rings is 1. The van der Waals surface area contributed by atoms with Gasteiger partial charge in [0, 0.05) is 30.3 Å². The van der Waals surface area contributed by atoms with Crippen molar-refractivity contribution in [1.82, 2.24) is 25.1 Å². The number of carbonyl (C=O) groups excluding carboxylic acids is 1. The number of nitrogens with zero attached hydrogens (tertiary/aromatic N) is 4. The highest BCUT2D eigenvalue weighted by atomic mass is 32.2. The summed E-state index contributed by atoms with van der Waals surface area (Å²) >= 11 is 1.56. The fraction of sp³-hybridized carbons (Fsp3) is 0.143. The Bertz CT molecular complexity index is 1020. The molecule has 7 nitrogen and oxygen atoms in total. The van der Waals surface area contributed by atoms with Crippen LogP contribution in [0.2, 0.25) is 0 Å². The van der Waals surface area contributed by atoms with Gasteiger partial charge in [-0.1, -0.05) is 30.0 Å². The van der Waals surface area contributed by atoms with E-state index in [-0.39, 0.29) is 5.91 Å². The Hall–Kier alpha value is -3.39. The fourth-order valence-corrected chi connectivity index (χ4v) is 3.58. The number of amides is 1. The molecule has 0 saturated carbocycles. The minimum atomic E-state index is -0.0558. The number of aromatic amines is 1. The first-order valence-electron chi connectivity index (χ1n) is 9.05. The monoisotopic (exact) mass is 405 g/mol. The van der Waals surface area contributed by atoms with E-state index >= 15 is 0 Å². The highest BCUT2D eigenvalue weighted by Gasteiger charge is 2.18. The summed E-state index contributed by atoms with van der Waals surface area (Å²) in [4.78, 5) is 23.2. The molecule has 0 fully saturated rings. The maximum Gasteiger partial charge on any atom is 0.254 e. The fourth-order valence-electron chi connectivity index (χ4n) is 2.84. The number of nitrogens with one attached hydrogen (secondary N) is 1. The quantitative estimate of drug-likeness (QED) is 0.447. The second kappa shape index (κ2) is 9.20. The minimum Gasteiger partial charge on any atom is -0.467 e. The largest absolute Gasteiger partial charge is 0.467 e. The molecule has 1 amide bonds. The first-order valence-corrected chi connectivity index (χ1v) is 10.0. The summed E-state index contributed by atoms with van der Waals surface area (Å²) in [5.74, 6) is 1.43. The van der Waals surface area contributed by atoms with Crippen molar-refractivity contribution in [2.24, 2.45) is 0 Å². The Morgan fingerprint density at radius 3 is 2.66 bits per heavy atom. The molecule has 1 aromatic carbocycles. The molecule has 0 unspecified atom stereocenters. The Morgan fingerprint density at radius 1 is 1.07 bits per heavy atom. The van der Waals surface area contributed by atoms with Crippen LogP contribution in [0.25, 0.3) is 0 Å². The smallest absolute Gasteiger partial charge is 0.254 e. The second-order valence-electron chi connectivity index (χ2n) is 6.38. The maximum absolute atomic E-state index is 13.2. The molecule has 8 heteroatoms. The predicted octanol–water partition coefficient (Wildman–Crippen LogP) is 3.93. The third-order valence-corrected chi connectivity index (χ3v) is 5.23. The van der Waals surface area contributed by atoms with Crippen molar-refractivity contribution in [3.8, 4) is 0 Å². The molecular formula is C21H19N5O2S. The third-order valence-electron chi connectivity index (χ3n) is 4.28. The molecule has 0 saturated heterocycles. The zero-order chi connectivity index (χ0) is 19.9. The van der Waals surface area contributed by atoms with E-state index in [1.54, 1.807) is 35.3 Å². The molecular weight excluding hydrogens is 386 g/mol. The van der Waals surface area contributed by atoms with Gasteiger partial charge in [-0.05, 0) is 41.5 Å². The summed E-state index contributed by atoms with van der Waals surface area (Å²) in [7, 11) is 0. The molecule has 0 aliphatic carbocycles. The Kier molecular flexibility index (Phi) is 6.01. The number of pyridine rings is 1. The number of hydrogen-bond donors (Lipinski definition) is 1. The van der Waals surface area contributed by atoms with E-state index in [2.05, 4.69) is 20.2 Å². The van der Waals surface area contributed by atoms with Crippen LogP contribution in [0.3, 0.4) is 0 Å². The van der Waals surface area contributed by atoms with Crippen LogP contribution in [0.5, 0.6) is 0 Å². The Labute approximate surface area is 172 Å².